The molecule has 172 valence electrons. The van der Waals surface area contributed by atoms with Gasteiger partial charge in [-0.25, -0.2) is 0 Å². The van der Waals surface area contributed by atoms with Gasteiger partial charge in [-0.3, -0.25) is 14.6 Å². The molecule has 33 heavy (non-hydrogen) atoms. The van der Waals surface area contributed by atoms with Crippen LogP contribution in [0.25, 0.3) is 0 Å². The van der Waals surface area contributed by atoms with Crippen molar-refractivity contribution in [3.05, 3.63) is 71.7 Å². The molecular formula is C26H30N4O3. The number of ether oxygens (including phenoxy) is 1. The highest BCUT2D eigenvalue weighted by molar-refractivity contribution is 6.01. The van der Waals surface area contributed by atoms with Gasteiger partial charge in [0.05, 0.1) is 0 Å². The van der Waals surface area contributed by atoms with Gasteiger partial charge in [-0.1, -0.05) is 19.1 Å². The van der Waals surface area contributed by atoms with Gasteiger partial charge in [-0.15, -0.1) is 0 Å². The molecule has 1 aliphatic carbocycles. The Morgan fingerprint density at radius 1 is 1.18 bits per heavy atom. The fraction of sp³-hybridized carbons (Fsp3) is 0.423. The van der Waals surface area contributed by atoms with Gasteiger partial charge >= 0.3 is 0 Å². The molecule has 2 N–H and O–H groups in total. The highest BCUT2D eigenvalue weighted by Crippen LogP contribution is 2.32. The number of pyridine rings is 1. The van der Waals surface area contributed by atoms with E-state index in [1.165, 1.54) is 6.42 Å². The molecule has 2 aromatic rings. The molecule has 2 aliphatic heterocycles. The molecule has 3 heterocycles. The highest BCUT2D eigenvalue weighted by Gasteiger charge is 2.38. The maximum Gasteiger partial charge on any atom is 0.255 e. The summed E-state index contributed by atoms with van der Waals surface area (Å²) < 4.78 is 6.43. The van der Waals surface area contributed by atoms with Gasteiger partial charge in [-0.2, -0.15) is 0 Å². The van der Waals surface area contributed by atoms with E-state index >= 15 is 0 Å². The van der Waals surface area contributed by atoms with Crippen LogP contribution in [-0.2, 0) is 17.9 Å². The number of nitrogens with zero attached hydrogens (tertiary/aromatic N) is 2. The summed E-state index contributed by atoms with van der Waals surface area (Å²) in [5.74, 6) is 0.552. The smallest absolute Gasteiger partial charge is 0.255 e. The van der Waals surface area contributed by atoms with Crippen molar-refractivity contribution in [2.75, 3.05) is 0 Å². The van der Waals surface area contributed by atoms with Gasteiger partial charge in [0.15, 0.2) is 0 Å². The average Bonchev–Trinajstić information content (AvgIpc) is 3.14. The highest BCUT2D eigenvalue weighted by atomic mass is 16.5. The van der Waals surface area contributed by atoms with Crippen molar-refractivity contribution in [1.29, 1.82) is 0 Å². The predicted molar refractivity (Wildman–Crippen MR) is 124 cm³/mol. The van der Waals surface area contributed by atoms with Crippen LogP contribution in [-0.4, -0.2) is 39.9 Å². The number of rotatable bonds is 6. The molecule has 1 unspecified atom stereocenters. The molecule has 0 radical (unpaired) electrons. The second-order valence-electron chi connectivity index (χ2n) is 9.19. The topological polar surface area (TPSA) is 83.6 Å². The monoisotopic (exact) mass is 446 g/mol. The van der Waals surface area contributed by atoms with Crippen molar-refractivity contribution in [1.82, 2.24) is 20.5 Å². The first-order valence-electron chi connectivity index (χ1n) is 11.8. The third kappa shape index (κ3) is 4.64. The van der Waals surface area contributed by atoms with Crippen LogP contribution in [0.1, 0.15) is 60.0 Å². The number of nitrogens with one attached hydrogen (secondary N) is 2. The zero-order valence-electron chi connectivity index (χ0n) is 18.8. The molecule has 0 bridgehead atoms. The van der Waals surface area contributed by atoms with Gasteiger partial charge in [0.25, 0.3) is 5.91 Å². The Morgan fingerprint density at radius 2 is 2.06 bits per heavy atom. The number of piperidine rings is 1. The summed E-state index contributed by atoms with van der Waals surface area (Å²) >= 11 is 0. The lowest BCUT2D eigenvalue weighted by molar-refractivity contribution is -0.126. The van der Waals surface area contributed by atoms with E-state index < -0.39 is 6.04 Å². The van der Waals surface area contributed by atoms with Crippen molar-refractivity contribution in [2.45, 2.75) is 69.8 Å². The lowest BCUT2D eigenvalue weighted by Crippen LogP contribution is -2.49. The number of aromatic nitrogens is 1. The molecule has 1 aromatic heterocycles. The third-order valence-corrected chi connectivity index (χ3v) is 6.89. The summed E-state index contributed by atoms with van der Waals surface area (Å²) in [6.45, 7) is 5.03. The van der Waals surface area contributed by atoms with Crippen LogP contribution in [0.4, 0.5) is 0 Å². The van der Waals surface area contributed by atoms with E-state index in [1.807, 2.05) is 30.5 Å². The van der Waals surface area contributed by atoms with Crippen LogP contribution in [0.15, 0.2) is 55.0 Å². The first-order chi connectivity index (χ1) is 16.1. The van der Waals surface area contributed by atoms with Crippen molar-refractivity contribution in [2.24, 2.45) is 0 Å². The van der Waals surface area contributed by atoms with Crippen LogP contribution < -0.4 is 15.4 Å². The molecule has 2 amide bonds. The first kappa shape index (κ1) is 21.6. The van der Waals surface area contributed by atoms with Crippen LogP contribution in [0.2, 0.25) is 0 Å². The van der Waals surface area contributed by atoms with E-state index in [0.717, 1.165) is 48.4 Å². The standard InChI is InChI=1S/C26H30N4O3/c1-17-8-11-23(25(31)29-17)30-16-19-13-20(9-10-21(19)26(30)32)33-24-7-3-2-6-22(24)28-15-18-5-4-12-27-14-18/h4-5,9-10,12-14,22-24,28H,1-3,6-8,11,15-16H2,(H,29,31)/t22-,23?,24-/m0/s1. The minimum absolute atomic E-state index is 0.0804. The lowest BCUT2D eigenvalue weighted by Gasteiger charge is -2.32. The minimum atomic E-state index is -0.445. The number of amides is 2. The summed E-state index contributed by atoms with van der Waals surface area (Å²) in [7, 11) is 0. The zero-order valence-corrected chi connectivity index (χ0v) is 18.8. The van der Waals surface area contributed by atoms with Crippen molar-refractivity contribution in [3.63, 3.8) is 0 Å². The van der Waals surface area contributed by atoms with Crippen LogP contribution in [0.3, 0.4) is 0 Å². The van der Waals surface area contributed by atoms with Crippen molar-refractivity contribution in [3.8, 4) is 5.75 Å². The largest absolute Gasteiger partial charge is 0.489 e. The molecule has 7 heteroatoms. The molecule has 1 saturated carbocycles. The average molecular weight is 447 g/mol. The number of benzene rings is 1. The minimum Gasteiger partial charge on any atom is -0.489 e. The van der Waals surface area contributed by atoms with E-state index in [2.05, 4.69) is 28.3 Å². The molecule has 0 spiro atoms. The maximum atomic E-state index is 13.0. The van der Waals surface area contributed by atoms with E-state index in [-0.39, 0.29) is 24.0 Å². The molecule has 1 aromatic carbocycles. The second kappa shape index (κ2) is 9.35. The Bertz CT molecular complexity index is 1050. The van der Waals surface area contributed by atoms with Crippen LogP contribution >= 0.6 is 0 Å². The summed E-state index contributed by atoms with van der Waals surface area (Å²) in [4.78, 5) is 31.2. The molecule has 5 rings (SSSR count). The Balaban J connectivity index is 1.25. The van der Waals surface area contributed by atoms with E-state index in [1.54, 1.807) is 11.1 Å². The third-order valence-electron chi connectivity index (χ3n) is 6.89. The summed E-state index contributed by atoms with van der Waals surface area (Å²) in [5.41, 5.74) is 3.46. The quantitative estimate of drug-likeness (QED) is 0.711. The van der Waals surface area contributed by atoms with Gasteiger partial charge in [0.2, 0.25) is 5.91 Å². The molecule has 2 fully saturated rings. The zero-order chi connectivity index (χ0) is 22.8. The van der Waals surface area contributed by atoms with Gasteiger partial charge in [0.1, 0.15) is 17.9 Å². The van der Waals surface area contributed by atoms with Crippen molar-refractivity contribution < 1.29 is 14.3 Å². The normalized spacial score (nSPS) is 25.0. The molecular weight excluding hydrogens is 416 g/mol. The number of hydrogen-bond donors (Lipinski definition) is 2. The summed E-state index contributed by atoms with van der Waals surface area (Å²) in [5, 5.41) is 6.43. The van der Waals surface area contributed by atoms with Gasteiger partial charge in [-0.05, 0) is 67.5 Å². The van der Waals surface area contributed by atoms with Crippen LogP contribution in [0, 0.1) is 0 Å². The van der Waals surface area contributed by atoms with E-state index in [4.69, 9.17) is 4.74 Å². The Hall–Kier alpha value is -3.19. The van der Waals surface area contributed by atoms with Crippen molar-refractivity contribution >= 4 is 11.8 Å². The second-order valence-corrected chi connectivity index (χ2v) is 9.19. The molecule has 3 aliphatic rings. The van der Waals surface area contributed by atoms with Gasteiger partial charge in [0, 0.05) is 42.8 Å². The first-order valence-corrected chi connectivity index (χ1v) is 11.8. The fourth-order valence-electron chi connectivity index (χ4n) is 5.10. The van der Waals surface area contributed by atoms with E-state index in [9.17, 15) is 9.59 Å². The Kier molecular flexibility index (Phi) is 6.13. The van der Waals surface area contributed by atoms with Crippen LogP contribution in [0.5, 0.6) is 5.75 Å². The summed E-state index contributed by atoms with van der Waals surface area (Å²) in [6.07, 6.45) is 9.47. The number of hydrogen-bond acceptors (Lipinski definition) is 5. The number of carbonyl (C=O) groups is 2. The SMILES string of the molecule is C=C1CCC(N2Cc3cc(O[C@H]4CCCC[C@@H]4NCc4cccnc4)ccc3C2=O)C(=O)N1. The Morgan fingerprint density at radius 3 is 2.88 bits per heavy atom. The van der Waals surface area contributed by atoms with E-state index in [0.29, 0.717) is 24.9 Å². The molecule has 1 saturated heterocycles. The number of allylic oxidation sites excluding steroid dienone is 1. The summed E-state index contributed by atoms with van der Waals surface area (Å²) in [6, 6.07) is 9.55. The number of carbonyl (C=O) groups excluding carboxylic acids is 2. The molecule has 3 atom stereocenters. The maximum absolute atomic E-state index is 13.0. The lowest BCUT2D eigenvalue weighted by atomic mass is 9.92. The van der Waals surface area contributed by atoms with Gasteiger partial charge < -0.3 is 20.3 Å². The number of fused-ring (bicyclic) bond motifs is 1. The molecule has 7 nitrogen and oxygen atoms in total. The Labute approximate surface area is 194 Å². The fourth-order valence-corrected chi connectivity index (χ4v) is 5.10. The predicted octanol–water partition coefficient (Wildman–Crippen LogP) is 3.31.